The van der Waals surface area contributed by atoms with Crippen molar-refractivity contribution in [2.24, 2.45) is 59.2 Å². The predicted molar refractivity (Wildman–Crippen MR) is 122 cm³/mol. The molecule has 4 aliphatic carbocycles. The van der Waals surface area contributed by atoms with Crippen LogP contribution in [0, 0.1) is 59.2 Å². The Hall–Kier alpha value is 0. The van der Waals surface area contributed by atoms with Gasteiger partial charge in [0, 0.05) is 0 Å². The lowest BCUT2D eigenvalue weighted by Crippen LogP contribution is -2.21. The average molecular weight is 387 g/mol. The molecule has 0 saturated heterocycles. The van der Waals surface area contributed by atoms with Gasteiger partial charge in [-0.25, -0.2) is 0 Å². The van der Waals surface area contributed by atoms with Crippen LogP contribution >= 0.6 is 0 Å². The van der Waals surface area contributed by atoms with Crippen molar-refractivity contribution in [2.45, 2.75) is 118 Å². The van der Waals surface area contributed by atoms with Crippen molar-refractivity contribution < 1.29 is 0 Å². The molecule has 10 atom stereocenters. The lowest BCUT2D eigenvalue weighted by Gasteiger charge is -2.31. The van der Waals surface area contributed by atoms with Crippen molar-refractivity contribution in [3.8, 4) is 0 Å². The van der Waals surface area contributed by atoms with Gasteiger partial charge in [-0.1, -0.05) is 79.1 Å². The molecule has 4 fully saturated rings. The highest BCUT2D eigenvalue weighted by atomic mass is 14.5. The minimum absolute atomic E-state index is 0.997. The van der Waals surface area contributed by atoms with Crippen molar-refractivity contribution in [3.63, 3.8) is 0 Å². The van der Waals surface area contributed by atoms with Gasteiger partial charge in [-0.15, -0.1) is 0 Å². The summed E-state index contributed by atoms with van der Waals surface area (Å²) in [6.45, 7) is 10.3. The highest BCUT2D eigenvalue weighted by Gasteiger charge is 2.47. The van der Waals surface area contributed by atoms with Crippen LogP contribution in [0.25, 0.3) is 0 Å². The molecule has 4 rings (SSSR count). The van der Waals surface area contributed by atoms with Crippen LogP contribution < -0.4 is 0 Å². The van der Waals surface area contributed by atoms with Gasteiger partial charge in [0.2, 0.25) is 0 Å². The molecular weight excluding hydrogens is 336 g/mol. The Morgan fingerprint density at radius 1 is 0.429 bits per heavy atom. The second kappa shape index (κ2) is 9.43. The second-order valence-electron chi connectivity index (χ2n) is 12.0. The zero-order valence-corrected chi connectivity index (χ0v) is 19.7. The van der Waals surface area contributed by atoms with Crippen molar-refractivity contribution in [3.05, 3.63) is 0 Å². The third kappa shape index (κ3) is 4.09. The van der Waals surface area contributed by atoms with Crippen LogP contribution in [0.5, 0.6) is 0 Å². The van der Waals surface area contributed by atoms with Crippen LogP contribution in [-0.4, -0.2) is 0 Å². The number of hydrogen-bond acceptors (Lipinski definition) is 0. The van der Waals surface area contributed by atoms with E-state index in [1.165, 1.54) is 51.4 Å². The third-order valence-electron chi connectivity index (χ3n) is 11.0. The number of unbranched alkanes of at least 4 members (excludes halogenated alkanes) is 3. The molecule has 4 saturated carbocycles. The first-order valence-electron chi connectivity index (χ1n) is 13.6. The Morgan fingerprint density at radius 3 is 1.18 bits per heavy atom. The molecule has 0 heteroatoms. The van der Waals surface area contributed by atoms with Crippen LogP contribution in [-0.2, 0) is 0 Å². The average Bonchev–Trinajstić information content (AvgIpc) is 3.11. The highest BCUT2D eigenvalue weighted by Crippen LogP contribution is 2.55. The number of rotatable bonds is 7. The maximum atomic E-state index is 2.59. The third-order valence-corrected chi connectivity index (χ3v) is 11.0. The zero-order chi connectivity index (χ0) is 19.7. The summed E-state index contributed by atoms with van der Waals surface area (Å²) in [6.07, 6.45) is 21.5. The van der Waals surface area contributed by atoms with Crippen molar-refractivity contribution >= 4 is 0 Å². The molecule has 0 radical (unpaired) electrons. The summed E-state index contributed by atoms with van der Waals surface area (Å²) in [6, 6.07) is 0. The fourth-order valence-corrected chi connectivity index (χ4v) is 9.15. The summed E-state index contributed by atoms with van der Waals surface area (Å²) in [5, 5.41) is 0. The van der Waals surface area contributed by atoms with E-state index in [1.54, 1.807) is 38.5 Å². The molecule has 0 N–H and O–H groups in total. The van der Waals surface area contributed by atoms with E-state index >= 15 is 0 Å². The Kier molecular flexibility index (Phi) is 7.15. The van der Waals surface area contributed by atoms with E-state index in [0.717, 1.165) is 59.2 Å². The predicted octanol–water partition coefficient (Wildman–Crippen LogP) is 8.74. The highest BCUT2D eigenvalue weighted by molar-refractivity contribution is 4.96. The Morgan fingerprint density at radius 2 is 0.786 bits per heavy atom. The van der Waals surface area contributed by atoms with Crippen LogP contribution in [0.3, 0.4) is 0 Å². The maximum Gasteiger partial charge on any atom is -0.0352 e. The summed E-state index contributed by atoms with van der Waals surface area (Å²) >= 11 is 0. The smallest absolute Gasteiger partial charge is 0.0352 e. The number of fused-ring (bicyclic) bond motifs is 2. The van der Waals surface area contributed by atoms with Gasteiger partial charge in [0.05, 0.1) is 0 Å². The van der Waals surface area contributed by atoms with Crippen LogP contribution in [0.2, 0.25) is 0 Å². The molecule has 4 aliphatic rings. The van der Waals surface area contributed by atoms with E-state index in [2.05, 4.69) is 27.7 Å². The van der Waals surface area contributed by atoms with E-state index in [4.69, 9.17) is 0 Å². The van der Waals surface area contributed by atoms with E-state index in [0.29, 0.717) is 0 Å². The van der Waals surface area contributed by atoms with Gasteiger partial charge in [-0.05, 0) is 97.7 Å². The standard InChI is InChI=1S/C28H50/c1-19-21(3)25-15-9-11-17-27(25)23(19)13-7-5-6-8-14-24-20(2)22(4)26-16-10-12-18-28(24)26/h19-28H,5-18H2,1-4H3. The largest absolute Gasteiger partial charge is 0.0620 e. The Bertz CT molecular complexity index is 436. The van der Waals surface area contributed by atoms with E-state index in [1.807, 2.05) is 0 Å². The molecule has 0 heterocycles. The lowest BCUT2D eigenvalue weighted by atomic mass is 9.75. The van der Waals surface area contributed by atoms with Gasteiger partial charge in [-0.3, -0.25) is 0 Å². The van der Waals surface area contributed by atoms with Crippen LogP contribution in [0.15, 0.2) is 0 Å². The summed E-state index contributed by atoms with van der Waals surface area (Å²) in [4.78, 5) is 0. The quantitative estimate of drug-likeness (QED) is 0.384. The zero-order valence-electron chi connectivity index (χ0n) is 19.7. The van der Waals surface area contributed by atoms with Crippen LogP contribution in [0.1, 0.15) is 118 Å². The first-order valence-corrected chi connectivity index (χ1v) is 13.6. The molecule has 0 aromatic carbocycles. The first kappa shape index (κ1) is 21.2. The molecule has 0 bridgehead atoms. The molecule has 0 spiro atoms. The fourth-order valence-electron chi connectivity index (χ4n) is 9.15. The Labute approximate surface area is 177 Å². The fraction of sp³-hybridized carbons (Fsp3) is 1.00. The minimum Gasteiger partial charge on any atom is -0.0620 e. The summed E-state index contributed by atoms with van der Waals surface area (Å²) in [5.74, 6) is 10.5. The molecule has 0 aromatic heterocycles. The first-order chi connectivity index (χ1) is 13.6. The molecule has 0 amide bonds. The van der Waals surface area contributed by atoms with Gasteiger partial charge in [0.1, 0.15) is 0 Å². The van der Waals surface area contributed by atoms with E-state index in [-0.39, 0.29) is 0 Å². The molecule has 0 nitrogen and oxygen atoms in total. The molecule has 0 aliphatic heterocycles. The SMILES string of the molecule is CC1C(C)C2CCCCC2C1CCCCCCC1C(C)C(C)C2CCCCC12. The van der Waals surface area contributed by atoms with Gasteiger partial charge in [-0.2, -0.15) is 0 Å². The molecule has 162 valence electrons. The lowest BCUT2D eigenvalue weighted by molar-refractivity contribution is 0.196. The topological polar surface area (TPSA) is 0 Å². The van der Waals surface area contributed by atoms with Crippen molar-refractivity contribution in [1.82, 2.24) is 0 Å². The monoisotopic (exact) mass is 386 g/mol. The second-order valence-corrected chi connectivity index (χ2v) is 12.0. The van der Waals surface area contributed by atoms with E-state index < -0.39 is 0 Å². The van der Waals surface area contributed by atoms with E-state index in [9.17, 15) is 0 Å². The van der Waals surface area contributed by atoms with Gasteiger partial charge in [0.25, 0.3) is 0 Å². The minimum atomic E-state index is 0.997. The van der Waals surface area contributed by atoms with Crippen molar-refractivity contribution in [1.29, 1.82) is 0 Å². The molecular formula is C28H50. The van der Waals surface area contributed by atoms with Crippen LogP contribution in [0.4, 0.5) is 0 Å². The van der Waals surface area contributed by atoms with Crippen molar-refractivity contribution in [2.75, 3.05) is 0 Å². The maximum absolute atomic E-state index is 2.59. The summed E-state index contributed by atoms with van der Waals surface area (Å²) in [5.41, 5.74) is 0. The van der Waals surface area contributed by atoms with Gasteiger partial charge >= 0.3 is 0 Å². The molecule has 0 aromatic rings. The number of hydrogen-bond donors (Lipinski definition) is 0. The molecule has 28 heavy (non-hydrogen) atoms. The van der Waals surface area contributed by atoms with Gasteiger partial charge in [0.15, 0.2) is 0 Å². The molecule has 10 unspecified atom stereocenters. The summed E-state index contributed by atoms with van der Waals surface area (Å²) in [7, 11) is 0. The Balaban J connectivity index is 1.16. The summed E-state index contributed by atoms with van der Waals surface area (Å²) < 4.78 is 0. The normalized spacial score (nSPS) is 48.4. The van der Waals surface area contributed by atoms with Gasteiger partial charge < -0.3 is 0 Å².